The van der Waals surface area contributed by atoms with E-state index in [1.807, 2.05) is 109 Å². The van der Waals surface area contributed by atoms with Gasteiger partial charge in [-0.25, -0.2) is 27.8 Å². The summed E-state index contributed by atoms with van der Waals surface area (Å²) in [6, 6.07) is 53.1. The first-order valence-electron chi connectivity index (χ1n) is 23.9. The largest absolute Gasteiger partial charge is 0.465 e. The van der Waals surface area contributed by atoms with Crippen molar-refractivity contribution >= 4 is 44.3 Å². The lowest BCUT2D eigenvalue weighted by Gasteiger charge is -2.49. The van der Waals surface area contributed by atoms with Crippen LogP contribution in [0.4, 0.5) is 9.59 Å². The normalized spacial score (nSPS) is 17.6. The van der Waals surface area contributed by atoms with E-state index in [2.05, 4.69) is 32.7 Å². The molecule has 6 aromatic carbocycles. The fraction of sp³-hybridized carbons (Fsp3) is 0.273. The molecule has 0 aliphatic carbocycles. The Morgan fingerprint density at radius 2 is 1.14 bits per heavy atom. The molecule has 2 amide bonds. The van der Waals surface area contributed by atoms with Gasteiger partial charge in [0, 0.05) is 50.7 Å². The molecule has 0 bridgehead atoms. The Kier molecular flexibility index (Phi) is 14.6. The molecule has 10 rings (SSSR count). The molecule has 3 atom stereocenters. The third-order valence-corrected chi connectivity index (χ3v) is 15.4. The van der Waals surface area contributed by atoms with E-state index < -0.39 is 40.1 Å². The first kappa shape index (κ1) is 47.6. The second-order valence-electron chi connectivity index (χ2n) is 18.0. The second kappa shape index (κ2) is 21.4. The van der Waals surface area contributed by atoms with Gasteiger partial charge in [0.25, 0.3) is 10.0 Å². The molecule has 0 radical (unpaired) electrons. The average Bonchev–Trinajstić information content (AvgIpc) is 3.96. The molecule has 0 saturated carbocycles. The zero-order valence-corrected chi connectivity index (χ0v) is 39.6. The molecule has 2 fully saturated rings. The van der Waals surface area contributed by atoms with Gasteiger partial charge in [0.05, 0.1) is 39.5 Å². The van der Waals surface area contributed by atoms with Crippen molar-refractivity contribution in [2.75, 3.05) is 19.6 Å². The average molecular weight is 960 g/mol. The van der Waals surface area contributed by atoms with Crippen molar-refractivity contribution in [2.45, 2.75) is 74.8 Å². The summed E-state index contributed by atoms with van der Waals surface area (Å²) < 4.78 is 33.0. The highest BCUT2D eigenvalue weighted by Crippen LogP contribution is 2.41. The number of hydrogen-bond donors (Lipinski definition) is 2. The SMILES string of the molecule is O=C(O)N1CCC(n2c(=O)n(S(=O)(=O)c3ccccc3)c3ccccc32)C(CCCc2ccccc2)[C@H]1N(Cc1ccccc1)Cc1ccccc1.O=C(O)N1CCC(n2cnc3ccccc32)CC1. The molecule has 2 aliphatic heterocycles. The van der Waals surface area contributed by atoms with Crippen LogP contribution in [0.1, 0.15) is 60.9 Å². The van der Waals surface area contributed by atoms with Gasteiger partial charge in [-0.2, -0.15) is 3.97 Å². The van der Waals surface area contributed by atoms with Crippen LogP contribution >= 0.6 is 0 Å². The Hall–Kier alpha value is -7.49. The number of para-hydroxylation sites is 4. The van der Waals surface area contributed by atoms with Crippen LogP contribution in [0.25, 0.3) is 22.1 Å². The number of benzene rings is 6. The quantitative estimate of drug-likeness (QED) is 0.115. The van der Waals surface area contributed by atoms with Gasteiger partial charge >= 0.3 is 17.9 Å². The van der Waals surface area contributed by atoms with Crippen molar-refractivity contribution in [1.29, 1.82) is 0 Å². The van der Waals surface area contributed by atoms with Crippen LogP contribution < -0.4 is 5.69 Å². The van der Waals surface area contributed by atoms with Crippen molar-refractivity contribution in [1.82, 2.24) is 32.8 Å². The summed E-state index contributed by atoms with van der Waals surface area (Å²) in [5.41, 5.74) is 5.53. The number of fused-ring (bicyclic) bond motifs is 2. The summed E-state index contributed by atoms with van der Waals surface area (Å²) in [5.74, 6) is -0.364. The van der Waals surface area contributed by atoms with E-state index in [-0.39, 0.29) is 17.4 Å². The molecule has 4 heterocycles. The van der Waals surface area contributed by atoms with Gasteiger partial charge in [-0.1, -0.05) is 133 Å². The number of amides is 2. The van der Waals surface area contributed by atoms with E-state index in [1.54, 1.807) is 41.0 Å². The summed E-state index contributed by atoms with van der Waals surface area (Å²) in [5, 5.41) is 19.7. The van der Waals surface area contributed by atoms with Gasteiger partial charge in [0.2, 0.25) is 0 Å². The number of hydrogen-bond acceptors (Lipinski definition) is 7. The van der Waals surface area contributed by atoms with Gasteiger partial charge in [0.1, 0.15) is 0 Å². The van der Waals surface area contributed by atoms with Crippen molar-refractivity contribution in [3.63, 3.8) is 0 Å². The number of nitrogens with zero attached hydrogens (tertiary/aromatic N) is 7. The van der Waals surface area contributed by atoms with Gasteiger partial charge in [-0.3, -0.25) is 14.4 Å². The Balaban J connectivity index is 0.000000281. The Labute approximate surface area is 407 Å². The Morgan fingerprint density at radius 1 is 0.614 bits per heavy atom. The highest BCUT2D eigenvalue weighted by molar-refractivity contribution is 7.90. The maximum absolute atomic E-state index is 14.7. The van der Waals surface area contributed by atoms with Crippen molar-refractivity contribution in [2.24, 2.45) is 5.92 Å². The summed E-state index contributed by atoms with van der Waals surface area (Å²) in [6.45, 7) is 2.34. The first-order valence-corrected chi connectivity index (χ1v) is 25.3. The van der Waals surface area contributed by atoms with Crippen LogP contribution in [0.2, 0.25) is 0 Å². The molecular formula is C55H57N7O7S. The molecule has 2 aromatic heterocycles. The monoisotopic (exact) mass is 959 g/mol. The predicted molar refractivity (Wildman–Crippen MR) is 270 cm³/mol. The van der Waals surface area contributed by atoms with Gasteiger partial charge in [0.15, 0.2) is 0 Å². The molecule has 0 spiro atoms. The lowest BCUT2D eigenvalue weighted by Crippen LogP contribution is -2.59. The summed E-state index contributed by atoms with van der Waals surface area (Å²) in [4.78, 5) is 48.4. The highest BCUT2D eigenvalue weighted by atomic mass is 32.2. The lowest BCUT2D eigenvalue weighted by molar-refractivity contribution is -0.0492. The molecule has 2 unspecified atom stereocenters. The van der Waals surface area contributed by atoms with Gasteiger partial charge in [-0.15, -0.1) is 0 Å². The minimum absolute atomic E-state index is 0.0230. The van der Waals surface area contributed by atoms with Gasteiger partial charge < -0.3 is 19.7 Å². The standard InChI is InChI=1S/C42H42N4O5S.C13H15N3O2/c47-41-45(38-26-13-14-27-39(38)46(41)52(50,51)35-23-11-4-12-24-35)37-28-29-44(42(48)49)40(36(37)25-15-22-32-16-5-1-6-17-32)43(30-33-18-7-2-8-19-33)31-34-20-9-3-10-21-34;17-13(18)15-7-5-10(6-8-15)16-9-14-11-3-1-2-4-12(11)16/h1-14,16-21,23-24,26-27,36-37,40H,15,22,25,28-31H2,(H,48,49);1-4,9-10H,5-8H2,(H,17,18)/t36?,37?,40-;/m0./s1. The van der Waals surface area contributed by atoms with Crippen LogP contribution in [0, 0.1) is 5.92 Å². The molecule has 2 saturated heterocycles. The fourth-order valence-electron chi connectivity index (χ4n) is 10.5. The van der Waals surface area contributed by atoms with E-state index in [9.17, 15) is 27.9 Å². The van der Waals surface area contributed by atoms with E-state index >= 15 is 0 Å². The van der Waals surface area contributed by atoms with Crippen LogP contribution in [0.15, 0.2) is 186 Å². The minimum atomic E-state index is -4.25. The third kappa shape index (κ3) is 10.3. The number of imidazole rings is 2. The number of likely N-dealkylation sites (tertiary alicyclic amines) is 2. The number of carboxylic acid groups (broad SMARTS) is 2. The third-order valence-electron chi connectivity index (χ3n) is 13.7. The van der Waals surface area contributed by atoms with Crippen molar-refractivity contribution < 1.29 is 28.2 Å². The van der Waals surface area contributed by atoms with Crippen LogP contribution in [0.3, 0.4) is 0 Å². The molecule has 8 aromatic rings. The zero-order chi connectivity index (χ0) is 48.6. The zero-order valence-electron chi connectivity index (χ0n) is 38.8. The van der Waals surface area contributed by atoms with Crippen LogP contribution in [-0.2, 0) is 29.5 Å². The van der Waals surface area contributed by atoms with E-state index in [0.29, 0.717) is 56.1 Å². The number of aromatic nitrogens is 4. The summed E-state index contributed by atoms with van der Waals surface area (Å²) >= 11 is 0. The minimum Gasteiger partial charge on any atom is -0.465 e. The Morgan fingerprint density at radius 3 is 1.73 bits per heavy atom. The lowest BCUT2D eigenvalue weighted by atomic mass is 9.83. The summed E-state index contributed by atoms with van der Waals surface area (Å²) in [7, 11) is -4.25. The van der Waals surface area contributed by atoms with Crippen LogP contribution in [-0.4, -0.2) is 89.4 Å². The second-order valence-corrected chi connectivity index (χ2v) is 19.8. The van der Waals surface area contributed by atoms with Crippen molar-refractivity contribution in [3.05, 3.63) is 203 Å². The molecule has 15 heteroatoms. The fourth-order valence-corrected chi connectivity index (χ4v) is 11.9. The number of aryl methyl sites for hydroxylation is 1. The van der Waals surface area contributed by atoms with Crippen molar-refractivity contribution in [3.8, 4) is 0 Å². The topological polar surface area (TPSA) is 163 Å². The molecule has 70 heavy (non-hydrogen) atoms. The molecule has 14 nitrogen and oxygen atoms in total. The molecule has 2 aliphatic rings. The summed E-state index contributed by atoms with van der Waals surface area (Å²) in [6.07, 6.45) is 3.59. The Bertz CT molecular complexity index is 3150. The number of carbonyl (C=O) groups is 2. The van der Waals surface area contributed by atoms with E-state index in [0.717, 1.165) is 51.8 Å². The molecular weight excluding hydrogens is 903 g/mol. The highest BCUT2D eigenvalue weighted by Gasteiger charge is 2.45. The molecule has 2 N–H and O–H groups in total. The predicted octanol–water partition coefficient (Wildman–Crippen LogP) is 9.98. The smallest absolute Gasteiger partial charge is 0.408 e. The van der Waals surface area contributed by atoms with E-state index in [1.165, 1.54) is 27.5 Å². The first-order chi connectivity index (χ1) is 34.1. The number of piperidine rings is 2. The molecule has 360 valence electrons. The van der Waals surface area contributed by atoms with E-state index in [4.69, 9.17) is 5.11 Å². The maximum atomic E-state index is 14.7. The number of rotatable bonds is 13. The van der Waals surface area contributed by atoms with Crippen LogP contribution in [0.5, 0.6) is 0 Å². The maximum Gasteiger partial charge on any atom is 0.408 e. The van der Waals surface area contributed by atoms with Gasteiger partial charge in [-0.05, 0) is 91.6 Å².